The number of para-hydroxylation sites is 1. The van der Waals surface area contributed by atoms with Crippen LogP contribution in [0.3, 0.4) is 0 Å². The molecule has 2 bridgehead atoms. The van der Waals surface area contributed by atoms with Crippen LogP contribution in [0.1, 0.15) is 53.6 Å². The highest BCUT2D eigenvalue weighted by Gasteiger charge is 2.73. The summed E-state index contributed by atoms with van der Waals surface area (Å²) in [6, 6.07) is 9.19. The van der Waals surface area contributed by atoms with Crippen LogP contribution >= 0.6 is 28.3 Å². The minimum Gasteiger partial charge on any atom is -0.504 e. The van der Waals surface area contributed by atoms with Gasteiger partial charge in [0.2, 0.25) is 0 Å². The first kappa shape index (κ1) is 24.8. The minimum atomic E-state index is -0.956. The number of aromatic nitrogens is 1. The van der Waals surface area contributed by atoms with Crippen LogP contribution in [0.25, 0.3) is 10.9 Å². The van der Waals surface area contributed by atoms with Crippen LogP contribution in [0.15, 0.2) is 41.0 Å². The molecule has 5 aliphatic rings. The molecule has 0 unspecified atom stereocenters. The van der Waals surface area contributed by atoms with Crippen LogP contribution in [0.5, 0.6) is 11.5 Å². The number of aliphatic hydroxyl groups is 1. The fraction of sp³-hybridized carbons (Fsp3) is 0.483. The Bertz CT molecular complexity index is 1470. The molecule has 5 atom stereocenters. The summed E-state index contributed by atoms with van der Waals surface area (Å²) in [6.07, 6.45) is 6.72. The molecule has 200 valence electrons. The minimum absolute atomic E-state index is 0. The number of hydrogen-bond acceptors (Lipinski definition) is 5. The standard InChI is InChI=1S/C29H30BrN3O4.ClH/c30-19-13-31-24-17(19)2-1-3-18(24)27(35)32-20-8-9-29(36)22-12-16-6-7-21(34)25-23(16)28(29,26(20)37-25)10-11-33(22)14-15-4-5-15;/h1-3,6-7,13,15,20,22,26,31,34,36H,4-5,8-12,14H2,(H,32,35);1H/t20-,22+,26-,28-,29+;/m0./s1. The second-order valence-electron chi connectivity index (χ2n) is 11.8. The van der Waals surface area contributed by atoms with Crippen molar-refractivity contribution in [2.75, 3.05) is 13.1 Å². The number of aromatic hydroxyl groups is 1. The summed E-state index contributed by atoms with van der Waals surface area (Å²) in [6.45, 7) is 1.94. The zero-order valence-corrected chi connectivity index (χ0v) is 23.3. The summed E-state index contributed by atoms with van der Waals surface area (Å²) in [5.41, 5.74) is 1.93. The van der Waals surface area contributed by atoms with Gasteiger partial charge in [0.15, 0.2) is 11.5 Å². The van der Waals surface area contributed by atoms with Crippen LogP contribution in [-0.2, 0) is 11.8 Å². The van der Waals surface area contributed by atoms with Crippen molar-refractivity contribution in [1.29, 1.82) is 0 Å². The molecule has 7 nitrogen and oxygen atoms in total. The summed E-state index contributed by atoms with van der Waals surface area (Å²) in [5.74, 6) is 1.21. The van der Waals surface area contributed by atoms with Gasteiger partial charge in [0.1, 0.15) is 6.10 Å². The first-order valence-electron chi connectivity index (χ1n) is 13.5. The average Bonchev–Trinajstić information content (AvgIpc) is 3.52. The third-order valence-corrected chi connectivity index (χ3v) is 10.6. The molecule has 2 aliphatic heterocycles. The van der Waals surface area contributed by atoms with Gasteiger partial charge in [0, 0.05) is 34.2 Å². The molecule has 1 aromatic heterocycles. The van der Waals surface area contributed by atoms with Gasteiger partial charge in [0.05, 0.1) is 28.1 Å². The van der Waals surface area contributed by atoms with Crippen LogP contribution in [0.2, 0.25) is 0 Å². The third-order valence-electron chi connectivity index (χ3n) is 9.99. The van der Waals surface area contributed by atoms with Crippen LogP contribution in [-0.4, -0.2) is 62.9 Å². The molecular formula is C29H31BrClN3O4. The van der Waals surface area contributed by atoms with E-state index in [0.29, 0.717) is 24.2 Å². The van der Waals surface area contributed by atoms with Gasteiger partial charge < -0.3 is 25.3 Å². The number of halogens is 2. The average molecular weight is 601 g/mol. The van der Waals surface area contributed by atoms with Gasteiger partial charge in [-0.3, -0.25) is 9.69 Å². The van der Waals surface area contributed by atoms with Crippen LogP contribution in [0.4, 0.5) is 0 Å². The number of hydrogen-bond donors (Lipinski definition) is 4. The number of carbonyl (C=O) groups is 1. The van der Waals surface area contributed by atoms with E-state index in [-0.39, 0.29) is 36.1 Å². The molecule has 3 aromatic rings. The number of aromatic amines is 1. The normalized spacial score (nSPS) is 32.8. The number of nitrogens with one attached hydrogen (secondary N) is 2. The van der Waals surface area contributed by atoms with Crippen LogP contribution in [0, 0.1) is 5.92 Å². The first-order chi connectivity index (χ1) is 17.9. The molecule has 4 N–H and O–H groups in total. The summed E-state index contributed by atoms with van der Waals surface area (Å²) in [5, 5.41) is 27.7. The predicted molar refractivity (Wildman–Crippen MR) is 149 cm³/mol. The lowest BCUT2D eigenvalue weighted by Crippen LogP contribution is -2.78. The van der Waals surface area contributed by atoms with E-state index < -0.39 is 17.1 Å². The maximum absolute atomic E-state index is 13.6. The number of phenols is 1. The maximum atomic E-state index is 13.6. The van der Waals surface area contributed by atoms with Gasteiger partial charge in [-0.05, 0) is 84.6 Å². The number of benzene rings is 2. The molecule has 1 spiro atoms. The Hall–Kier alpha value is -2.26. The van der Waals surface area contributed by atoms with Crippen molar-refractivity contribution in [3.05, 3.63) is 57.7 Å². The number of ether oxygens (including phenoxy) is 1. The van der Waals surface area contributed by atoms with Gasteiger partial charge in [0.25, 0.3) is 5.91 Å². The summed E-state index contributed by atoms with van der Waals surface area (Å²) < 4.78 is 7.50. The summed E-state index contributed by atoms with van der Waals surface area (Å²) in [7, 11) is 0. The topological polar surface area (TPSA) is 97.8 Å². The quantitative estimate of drug-likeness (QED) is 0.356. The Morgan fingerprint density at radius 2 is 2.05 bits per heavy atom. The zero-order chi connectivity index (χ0) is 25.1. The molecule has 9 heteroatoms. The zero-order valence-electron chi connectivity index (χ0n) is 20.9. The molecule has 0 radical (unpaired) electrons. The number of phenolic OH excluding ortho intramolecular Hbond substituents is 1. The number of rotatable bonds is 4. The monoisotopic (exact) mass is 599 g/mol. The van der Waals surface area contributed by atoms with Crippen molar-refractivity contribution < 1.29 is 19.7 Å². The molecule has 3 heterocycles. The number of piperidine rings is 1. The van der Waals surface area contributed by atoms with Crippen molar-refractivity contribution in [1.82, 2.24) is 15.2 Å². The van der Waals surface area contributed by atoms with Gasteiger partial charge in [-0.2, -0.15) is 0 Å². The van der Waals surface area contributed by atoms with E-state index in [4.69, 9.17) is 4.74 Å². The molecule has 1 amide bonds. The van der Waals surface area contributed by atoms with E-state index in [0.717, 1.165) is 52.8 Å². The van der Waals surface area contributed by atoms with Gasteiger partial charge in [-0.1, -0.05) is 18.2 Å². The number of nitrogens with zero attached hydrogens (tertiary/aromatic N) is 1. The predicted octanol–water partition coefficient (Wildman–Crippen LogP) is 4.42. The van der Waals surface area contributed by atoms with Crippen molar-refractivity contribution in [3.63, 3.8) is 0 Å². The Balaban J connectivity index is 0.00000242. The van der Waals surface area contributed by atoms with Gasteiger partial charge >= 0.3 is 0 Å². The van der Waals surface area contributed by atoms with E-state index in [1.807, 2.05) is 30.5 Å². The third kappa shape index (κ3) is 3.12. The lowest BCUT2D eigenvalue weighted by Gasteiger charge is -2.64. The molecule has 3 aliphatic carbocycles. The van der Waals surface area contributed by atoms with E-state index in [2.05, 4.69) is 31.1 Å². The van der Waals surface area contributed by atoms with Crippen molar-refractivity contribution >= 4 is 45.1 Å². The SMILES string of the molecule is Cl.O=C(N[C@H]1CC[C@@]2(O)[C@H]3Cc4ccc(O)c5c4[C@@]2(CCN3CC2CC2)[C@H]1O5)c1cccc2c(Br)c[nH]c12. The highest BCUT2D eigenvalue weighted by atomic mass is 79.9. The number of H-pyrrole nitrogens is 1. The number of fused-ring (bicyclic) bond motifs is 1. The molecule has 2 saturated carbocycles. The Kier molecular flexibility index (Phi) is 5.45. The van der Waals surface area contributed by atoms with Gasteiger partial charge in [-0.25, -0.2) is 0 Å². The molecule has 8 rings (SSSR count). The number of likely N-dealkylation sites (tertiary alicyclic amines) is 1. The highest BCUT2D eigenvalue weighted by molar-refractivity contribution is 9.10. The summed E-state index contributed by atoms with van der Waals surface area (Å²) >= 11 is 3.55. The lowest BCUT2D eigenvalue weighted by molar-refractivity contribution is -0.191. The van der Waals surface area contributed by atoms with Crippen molar-refractivity contribution in [2.24, 2.45) is 5.92 Å². The first-order valence-corrected chi connectivity index (χ1v) is 14.2. The Morgan fingerprint density at radius 1 is 1.21 bits per heavy atom. The second-order valence-corrected chi connectivity index (χ2v) is 12.6. The fourth-order valence-corrected chi connectivity index (χ4v) is 8.63. The second kappa shape index (κ2) is 8.37. The van der Waals surface area contributed by atoms with Crippen molar-refractivity contribution in [3.8, 4) is 11.5 Å². The number of carbonyl (C=O) groups excluding carboxylic acids is 1. The van der Waals surface area contributed by atoms with E-state index >= 15 is 0 Å². The highest BCUT2D eigenvalue weighted by Crippen LogP contribution is 2.65. The largest absolute Gasteiger partial charge is 0.504 e. The van der Waals surface area contributed by atoms with E-state index in [1.54, 1.807) is 6.07 Å². The lowest BCUT2D eigenvalue weighted by atomic mass is 9.48. The molecule has 38 heavy (non-hydrogen) atoms. The smallest absolute Gasteiger partial charge is 0.253 e. The van der Waals surface area contributed by atoms with Crippen molar-refractivity contribution in [2.45, 2.75) is 67.7 Å². The van der Waals surface area contributed by atoms with E-state index in [1.165, 1.54) is 18.4 Å². The molecule has 2 aromatic carbocycles. The van der Waals surface area contributed by atoms with Gasteiger partial charge in [-0.15, -0.1) is 12.4 Å². The molecule has 3 fully saturated rings. The van der Waals surface area contributed by atoms with Crippen LogP contribution < -0.4 is 10.1 Å². The molecule has 1 saturated heterocycles. The molecular weight excluding hydrogens is 570 g/mol. The fourth-order valence-electron chi connectivity index (χ4n) is 8.18. The Morgan fingerprint density at radius 3 is 2.87 bits per heavy atom. The number of amides is 1. The van der Waals surface area contributed by atoms with E-state index in [9.17, 15) is 15.0 Å². The maximum Gasteiger partial charge on any atom is 0.253 e. The Labute approximate surface area is 235 Å². The summed E-state index contributed by atoms with van der Waals surface area (Å²) in [4.78, 5) is 19.4.